The lowest BCUT2D eigenvalue weighted by atomic mass is 10.1. The van der Waals surface area contributed by atoms with Gasteiger partial charge in [-0.25, -0.2) is 0 Å². The molecule has 0 saturated heterocycles. The molecule has 0 radical (unpaired) electrons. The molecule has 0 saturated carbocycles. The first kappa shape index (κ1) is 16.0. The van der Waals surface area contributed by atoms with E-state index in [4.69, 9.17) is 17.3 Å². The van der Waals surface area contributed by atoms with Crippen LogP contribution in [0, 0.1) is 0 Å². The van der Waals surface area contributed by atoms with Gasteiger partial charge < -0.3 is 11.1 Å². The number of halogens is 1. The maximum atomic E-state index is 11.9. The van der Waals surface area contributed by atoms with Crippen LogP contribution in [0.5, 0.6) is 0 Å². The number of benzene rings is 1. The molecule has 0 spiro atoms. The van der Waals surface area contributed by atoms with Crippen LogP contribution >= 0.6 is 11.6 Å². The molecule has 3 N–H and O–H groups in total. The van der Waals surface area contributed by atoms with Gasteiger partial charge in [0.25, 0.3) is 0 Å². The highest BCUT2D eigenvalue weighted by Gasteiger charge is 2.15. The van der Waals surface area contributed by atoms with Crippen LogP contribution in [0.2, 0.25) is 5.02 Å². The molecule has 1 amide bonds. The van der Waals surface area contributed by atoms with Gasteiger partial charge in [0.05, 0.1) is 6.04 Å². The predicted molar refractivity (Wildman–Crippen MR) is 80.3 cm³/mol. The molecular formula is C15H23ClN2O. The van der Waals surface area contributed by atoms with E-state index in [1.807, 2.05) is 31.2 Å². The summed E-state index contributed by atoms with van der Waals surface area (Å²) in [6.45, 7) is 4.05. The summed E-state index contributed by atoms with van der Waals surface area (Å²) in [6.07, 6.45) is 3.48. The highest BCUT2D eigenvalue weighted by Crippen LogP contribution is 2.16. The average molecular weight is 283 g/mol. The molecule has 0 aliphatic heterocycles. The summed E-state index contributed by atoms with van der Waals surface area (Å²) in [5.74, 6) is -0.0759. The maximum absolute atomic E-state index is 11.9. The van der Waals surface area contributed by atoms with Crippen LogP contribution in [0.4, 0.5) is 0 Å². The van der Waals surface area contributed by atoms with Gasteiger partial charge in [-0.15, -0.1) is 0 Å². The normalized spacial score (nSPS) is 13.9. The van der Waals surface area contributed by atoms with Crippen molar-refractivity contribution in [3.05, 3.63) is 34.9 Å². The molecular weight excluding hydrogens is 260 g/mol. The number of nitrogens with two attached hydrogens (primary N) is 1. The minimum atomic E-state index is -0.409. The van der Waals surface area contributed by atoms with Gasteiger partial charge >= 0.3 is 0 Å². The molecule has 0 aromatic heterocycles. The van der Waals surface area contributed by atoms with Crippen LogP contribution in [0.25, 0.3) is 0 Å². The van der Waals surface area contributed by atoms with E-state index < -0.39 is 6.04 Å². The summed E-state index contributed by atoms with van der Waals surface area (Å²) in [4.78, 5) is 11.9. The van der Waals surface area contributed by atoms with Crippen LogP contribution in [0.15, 0.2) is 24.3 Å². The van der Waals surface area contributed by atoms with E-state index in [9.17, 15) is 4.79 Å². The number of carbonyl (C=O) groups excluding carboxylic acids is 1. The van der Waals surface area contributed by atoms with Crippen molar-refractivity contribution in [2.45, 2.75) is 51.6 Å². The molecule has 0 heterocycles. The monoisotopic (exact) mass is 282 g/mol. The molecule has 1 aromatic carbocycles. The third-order valence-electron chi connectivity index (χ3n) is 3.08. The third kappa shape index (κ3) is 5.62. The SMILES string of the molecule is CCCC[C@H](N)C(=O)NC(C)Cc1ccccc1Cl. The Balaban J connectivity index is 2.45. The second kappa shape index (κ2) is 8.18. The van der Waals surface area contributed by atoms with Crippen LogP contribution in [0.3, 0.4) is 0 Å². The molecule has 1 unspecified atom stereocenters. The fourth-order valence-corrected chi connectivity index (χ4v) is 2.16. The van der Waals surface area contributed by atoms with Crippen molar-refractivity contribution >= 4 is 17.5 Å². The third-order valence-corrected chi connectivity index (χ3v) is 3.45. The van der Waals surface area contributed by atoms with E-state index in [1.165, 1.54) is 0 Å². The lowest BCUT2D eigenvalue weighted by Crippen LogP contribution is -2.45. The summed E-state index contributed by atoms with van der Waals surface area (Å²) < 4.78 is 0. The summed E-state index contributed by atoms with van der Waals surface area (Å²) in [7, 11) is 0. The number of hydrogen-bond donors (Lipinski definition) is 2. The van der Waals surface area contributed by atoms with E-state index in [-0.39, 0.29) is 11.9 Å². The molecule has 0 bridgehead atoms. The minimum absolute atomic E-state index is 0.0278. The Morgan fingerprint density at radius 3 is 2.74 bits per heavy atom. The fourth-order valence-electron chi connectivity index (χ4n) is 1.95. The molecule has 3 nitrogen and oxygen atoms in total. The first-order valence-corrected chi connectivity index (χ1v) is 7.21. The van der Waals surface area contributed by atoms with Crippen LogP contribution in [-0.2, 0) is 11.2 Å². The smallest absolute Gasteiger partial charge is 0.237 e. The van der Waals surface area contributed by atoms with Crippen molar-refractivity contribution < 1.29 is 4.79 Å². The van der Waals surface area contributed by atoms with Gasteiger partial charge in [0.15, 0.2) is 0 Å². The summed E-state index contributed by atoms with van der Waals surface area (Å²) in [6, 6.07) is 7.30. The minimum Gasteiger partial charge on any atom is -0.352 e. The van der Waals surface area contributed by atoms with Crippen molar-refractivity contribution in [3.8, 4) is 0 Å². The highest BCUT2D eigenvalue weighted by molar-refractivity contribution is 6.31. The average Bonchev–Trinajstić information content (AvgIpc) is 2.38. The maximum Gasteiger partial charge on any atom is 0.237 e. The quantitative estimate of drug-likeness (QED) is 0.808. The van der Waals surface area contributed by atoms with E-state index >= 15 is 0 Å². The number of carbonyl (C=O) groups is 1. The molecule has 0 aliphatic rings. The van der Waals surface area contributed by atoms with Crippen LogP contribution in [0.1, 0.15) is 38.7 Å². The summed E-state index contributed by atoms with van der Waals surface area (Å²) >= 11 is 6.10. The Kier molecular flexibility index (Phi) is 6.89. The Labute approximate surface area is 120 Å². The van der Waals surface area contributed by atoms with Gasteiger partial charge in [0.2, 0.25) is 5.91 Å². The van der Waals surface area contributed by atoms with Crippen LogP contribution in [-0.4, -0.2) is 18.0 Å². The molecule has 106 valence electrons. The predicted octanol–water partition coefficient (Wildman–Crippen LogP) is 2.90. The van der Waals surface area contributed by atoms with Gasteiger partial charge in [0.1, 0.15) is 0 Å². The van der Waals surface area contributed by atoms with E-state index in [2.05, 4.69) is 12.2 Å². The standard InChI is InChI=1S/C15H23ClN2O/c1-3-4-9-14(17)15(19)18-11(2)10-12-7-5-6-8-13(12)16/h5-8,11,14H,3-4,9-10,17H2,1-2H3,(H,18,19)/t11?,14-/m0/s1. The van der Waals surface area contributed by atoms with Gasteiger partial charge in [-0.2, -0.15) is 0 Å². The van der Waals surface area contributed by atoms with E-state index in [0.29, 0.717) is 6.42 Å². The second-order valence-corrected chi connectivity index (χ2v) is 5.36. The zero-order chi connectivity index (χ0) is 14.3. The largest absolute Gasteiger partial charge is 0.352 e. The van der Waals surface area contributed by atoms with Crippen molar-refractivity contribution in [2.24, 2.45) is 5.73 Å². The number of hydrogen-bond acceptors (Lipinski definition) is 2. The topological polar surface area (TPSA) is 55.1 Å². The highest BCUT2D eigenvalue weighted by atomic mass is 35.5. The Morgan fingerprint density at radius 1 is 1.42 bits per heavy atom. The lowest BCUT2D eigenvalue weighted by Gasteiger charge is -2.18. The molecule has 19 heavy (non-hydrogen) atoms. The van der Waals surface area contributed by atoms with Crippen molar-refractivity contribution in [3.63, 3.8) is 0 Å². The zero-order valence-electron chi connectivity index (χ0n) is 11.7. The summed E-state index contributed by atoms with van der Waals surface area (Å²) in [5.41, 5.74) is 6.88. The van der Waals surface area contributed by atoms with E-state index in [0.717, 1.165) is 29.8 Å². The van der Waals surface area contributed by atoms with Crippen molar-refractivity contribution in [1.29, 1.82) is 0 Å². The van der Waals surface area contributed by atoms with Crippen LogP contribution < -0.4 is 11.1 Å². The lowest BCUT2D eigenvalue weighted by molar-refractivity contribution is -0.123. The summed E-state index contributed by atoms with van der Waals surface area (Å²) in [5, 5.41) is 3.68. The number of amides is 1. The van der Waals surface area contributed by atoms with E-state index in [1.54, 1.807) is 0 Å². The second-order valence-electron chi connectivity index (χ2n) is 4.95. The Hall–Kier alpha value is -1.06. The molecule has 0 aliphatic carbocycles. The molecule has 1 rings (SSSR count). The zero-order valence-corrected chi connectivity index (χ0v) is 12.4. The van der Waals surface area contributed by atoms with Gasteiger partial charge in [0, 0.05) is 11.1 Å². The van der Waals surface area contributed by atoms with Gasteiger partial charge in [-0.05, 0) is 31.4 Å². The number of unbranched alkanes of at least 4 members (excludes halogenated alkanes) is 1. The fraction of sp³-hybridized carbons (Fsp3) is 0.533. The molecule has 1 aromatic rings. The Bertz CT molecular complexity index is 409. The number of nitrogens with one attached hydrogen (secondary N) is 1. The van der Waals surface area contributed by atoms with Crippen molar-refractivity contribution in [2.75, 3.05) is 0 Å². The Morgan fingerprint density at radius 2 is 2.11 bits per heavy atom. The first-order valence-electron chi connectivity index (χ1n) is 6.84. The van der Waals surface area contributed by atoms with Gasteiger partial charge in [-0.1, -0.05) is 49.6 Å². The molecule has 0 fully saturated rings. The van der Waals surface area contributed by atoms with Crippen molar-refractivity contribution in [1.82, 2.24) is 5.32 Å². The first-order chi connectivity index (χ1) is 9.04. The molecule has 4 heteroatoms. The molecule has 2 atom stereocenters. The number of rotatable bonds is 7. The van der Waals surface area contributed by atoms with Gasteiger partial charge in [-0.3, -0.25) is 4.79 Å².